The standard InChI is InChI=1S/C33H39N5O5/c1-5-9-13-25(23-18-16-22(17-19-23)24-14-11-12-15-26(24)30-35-37-38-36-30)29-27(32(39)41-7-3)21-28(33(40)42-8-4)31(34-29)43-20-10-6-2/h11-12,14-19,21,25H,5-10,13,20H2,1-4H3,(H,35,36,37,38). The van der Waals surface area contributed by atoms with Gasteiger partial charge in [-0.2, -0.15) is 0 Å². The zero-order chi connectivity index (χ0) is 30.6. The van der Waals surface area contributed by atoms with Crippen molar-refractivity contribution in [1.82, 2.24) is 25.6 Å². The summed E-state index contributed by atoms with van der Waals surface area (Å²) in [6, 6.07) is 17.6. The van der Waals surface area contributed by atoms with Crippen LogP contribution < -0.4 is 4.74 Å². The summed E-state index contributed by atoms with van der Waals surface area (Å²) < 4.78 is 16.7. The summed E-state index contributed by atoms with van der Waals surface area (Å²) in [6.07, 6.45) is 4.32. The molecule has 4 aromatic rings. The minimum Gasteiger partial charge on any atom is -0.477 e. The maximum Gasteiger partial charge on any atom is 0.343 e. The Bertz CT molecular complexity index is 1490. The number of esters is 2. The maximum atomic E-state index is 13.3. The number of H-pyrrole nitrogens is 1. The van der Waals surface area contributed by atoms with E-state index in [4.69, 9.17) is 19.2 Å². The van der Waals surface area contributed by atoms with Gasteiger partial charge in [0.1, 0.15) is 5.56 Å². The van der Waals surface area contributed by atoms with Gasteiger partial charge in [0.15, 0.2) is 5.82 Å². The molecule has 0 spiro atoms. The molecule has 1 unspecified atom stereocenters. The number of carbonyl (C=O) groups is 2. The number of hydrogen-bond acceptors (Lipinski definition) is 9. The molecule has 2 aromatic carbocycles. The lowest BCUT2D eigenvalue weighted by molar-refractivity contribution is 0.0519. The van der Waals surface area contributed by atoms with E-state index in [2.05, 4.69) is 46.6 Å². The van der Waals surface area contributed by atoms with Gasteiger partial charge < -0.3 is 14.2 Å². The zero-order valence-corrected chi connectivity index (χ0v) is 25.3. The fraction of sp³-hybridized carbons (Fsp3) is 0.394. The lowest BCUT2D eigenvalue weighted by atomic mass is 9.86. The number of nitrogens with one attached hydrogen (secondary N) is 1. The molecule has 0 saturated carbocycles. The molecule has 0 aliphatic heterocycles. The average molecular weight is 586 g/mol. The molecule has 2 aromatic heterocycles. The number of carbonyl (C=O) groups excluding carboxylic acids is 2. The van der Waals surface area contributed by atoms with E-state index >= 15 is 0 Å². The van der Waals surface area contributed by atoms with Crippen LogP contribution in [0.25, 0.3) is 22.5 Å². The number of aromatic nitrogens is 5. The number of hydrogen-bond donors (Lipinski definition) is 1. The predicted octanol–water partition coefficient (Wildman–Crippen LogP) is 6.78. The van der Waals surface area contributed by atoms with E-state index in [0.29, 0.717) is 18.1 Å². The number of nitrogens with zero attached hydrogens (tertiary/aromatic N) is 4. The summed E-state index contributed by atoms with van der Waals surface area (Å²) in [6.45, 7) is 8.43. The summed E-state index contributed by atoms with van der Waals surface area (Å²) in [7, 11) is 0. The van der Waals surface area contributed by atoms with Gasteiger partial charge in [-0.05, 0) is 59.9 Å². The van der Waals surface area contributed by atoms with Crippen LogP contribution in [0.2, 0.25) is 0 Å². The van der Waals surface area contributed by atoms with Crippen LogP contribution in [0.5, 0.6) is 5.88 Å². The third-order valence-corrected chi connectivity index (χ3v) is 7.07. The van der Waals surface area contributed by atoms with Gasteiger partial charge in [0.25, 0.3) is 0 Å². The molecule has 1 N–H and O–H groups in total. The first kappa shape index (κ1) is 31.3. The first-order valence-corrected chi connectivity index (χ1v) is 15.0. The highest BCUT2D eigenvalue weighted by Crippen LogP contribution is 2.36. The largest absolute Gasteiger partial charge is 0.477 e. The van der Waals surface area contributed by atoms with Gasteiger partial charge in [-0.15, -0.1) is 5.10 Å². The Hall–Kier alpha value is -4.60. The first-order valence-electron chi connectivity index (χ1n) is 15.0. The maximum absolute atomic E-state index is 13.3. The molecule has 4 rings (SSSR count). The third-order valence-electron chi connectivity index (χ3n) is 7.07. The summed E-state index contributed by atoms with van der Waals surface area (Å²) in [5, 5.41) is 14.4. The monoisotopic (exact) mass is 585 g/mol. The summed E-state index contributed by atoms with van der Waals surface area (Å²) in [5.74, 6) is -0.618. The van der Waals surface area contributed by atoms with Crippen molar-refractivity contribution < 1.29 is 23.8 Å². The van der Waals surface area contributed by atoms with E-state index in [0.717, 1.165) is 54.4 Å². The summed E-state index contributed by atoms with van der Waals surface area (Å²) in [4.78, 5) is 31.1. The number of ether oxygens (including phenoxy) is 3. The minimum absolute atomic E-state index is 0.118. The van der Waals surface area contributed by atoms with Crippen molar-refractivity contribution in [1.29, 1.82) is 0 Å². The molecule has 0 aliphatic rings. The Labute approximate surface area is 252 Å². The molecule has 1 atom stereocenters. The van der Waals surface area contributed by atoms with Crippen molar-refractivity contribution in [2.24, 2.45) is 0 Å². The number of benzene rings is 2. The van der Waals surface area contributed by atoms with Gasteiger partial charge in [-0.1, -0.05) is 81.6 Å². The van der Waals surface area contributed by atoms with Crippen LogP contribution in [-0.2, 0) is 9.47 Å². The fourth-order valence-electron chi connectivity index (χ4n) is 4.91. The predicted molar refractivity (Wildman–Crippen MR) is 163 cm³/mol. The lowest BCUT2D eigenvalue weighted by Gasteiger charge is -2.22. The first-order chi connectivity index (χ1) is 21.0. The second-order valence-electron chi connectivity index (χ2n) is 10.0. The summed E-state index contributed by atoms with van der Waals surface area (Å²) in [5.41, 5.74) is 4.72. The Morgan fingerprint density at radius 3 is 2.14 bits per heavy atom. The number of unbranched alkanes of at least 4 members (excludes halogenated alkanes) is 2. The Morgan fingerprint density at radius 1 is 0.837 bits per heavy atom. The van der Waals surface area contributed by atoms with E-state index < -0.39 is 11.9 Å². The van der Waals surface area contributed by atoms with Crippen LogP contribution in [0.1, 0.15) is 97.7 Å². The van der Waals surface area contributed by atoms with Crippen molar-refractivity contribution in [3.05, 3.63) is 77.0 Å². The van der Waals surface area contributed by atoms with E-state index in [1.54, 1.807) is 13.8 Å². The molecular weight excluding hydrogens is 546 g/mol. The van der Waals surface area contributed by atoms with Crippen LogP contribution >= 0.6 is 0 Å². The van der Waals surface area contributed by atoms with Crippen LogP contribution in [0.4, 0.5) is 0 Å². The molecule has 0 aliphatic carbocycles. The summed E-state index contributed by atoms with van der Waals surface area (Å²) >= 11 is 0. The molecule has 2 heterocycles. The number of tetrazole rings is 1. The smallest absolute Gasteiger partial charge is 0.343 e. The lowest BCUT2D eigenvalue weighted by Crippen LogP contribution is -2.18. The molecule has 10 heteroatoms. The Kier molecular flexibility index (Phi) is 11.4. The Morgan fingerprint density at radius 2 is 1.51 bits per heavy atom. The molecule has 0 fully saturated rings. The van der Waals surface area contributed by atoms with E-state index in [1.165, 1.54) is 6.07 Å². The number of aromatic amines is 1. The van der Waals surface area contributed by atoms with Crippen LogP contribution in [0.15, 0.2) is 54.6 Å². The van der Waals surface area contributed by atoms with E-state index in [9.17, 15) is 9.59 Å². The molecule has 10 nitrogen and oxygen atoms in total. The van der Waals surface area contributed by atoms with Crippen molar-refractivity contribution in [3.63, 3.8) is 0 Å². The van der Waals surface area contributed by atoms with Crippen molar-refractivity contribution in [3.8, 4) is 28.4 Å². The molecule has 0 amide bonds. The quantitative estimate of drug-likeness (QED) is 0.118. The van der Waals surface area contributed by atoms with Gasteiger partial charge >= 0.3 is 11.9 Å². The molecular formula is C33H39N5O5. The highest BCUT2D eigenvalue weighted by molar-refractivity contribution is 5.97. The van der Waals surface area contributed by atoms with Crippen LogP contribution in [0, 0.1) is 0 Å². The fourth-order valence-corrected chi connectivity index (χ4v) is 4.91. The molecule has 226 valence electrons. The van der Waals surface area contributed by atoms with Crippen molar-refractivity contribution in [2.45, 2.75) is 65.7 Å². The van der Waals surface area contributed by atoms with Crippen LogP contribution in [0.3, 0.4) is 0 Å². The number of rotatable bonds is 15. The molecule has 0 saturated heterocycles. The molecule has 43 heavy (non-hydrogen) atoms. The van der Waals surface area contributed by atoms with E-state index in [1.807, 2.05) is 36.4 Å². The average Bonchev–Trinajstić information content (AvgIpc) is 3.57. The molecule has 0 bridgehead atoms. The second-order valence-corrected chi connectivity index (χ2v) is 10.0. The van der Waals surface area contributed by atoms with E-state index in [-0.39, 0.29) is 36.1 Å². The van der Waals surface area contributed by atoms with Gasteiger partial charge in [-0.3, -0.25) is 0 Å². The Balaban J connectivity index is 1.82. The SMILES string of the molecule is CCCCOc1nc(C(CCCC)c2ccc(-c3ccccc3-c3nnn[nH]3)cc2)c(C(=O)OCC)cc1C(=O)OCC. The topological polar surface area (TPSA) is 129 Å². The molecule has 0 radical (unpaired) electrons. The van der Waals surface area contributed by atoms with Crippen molar-refractivity contribution >= 4 is 11.9 Å². The zero-order valence-electron chi connectivity index (χ0n) is 25.3. The number of pyridine rings is 1. The van der Waals surface area contributed by atoms with Crippen molar-refractivity contribution in [2.75, 3.05) is 19.8 Å². The van der Waals surface area contributed by atoms with Gasteiger partial charge in [0.2, 0.25) is 5.88 Å². The third kappa shape index (κ3) is 7.63. The van der Waals surface area contributed by atoms with Gasteiger partial charge in [0, 0.05) is 11.5 Å². The van der Waals surface area contributed by atoms with Gasteiger partial charge in [0.05, 0.1) is 31.1 Å². The van der Waals surface area contributed by atoms with Crippen LogP contribution in [-0.4, -0.2) is 57.4 Å². The highest BCUT2D eigenvalue weighted by atomic mass is 16.5. The highest BCUT2D eigenvalue weighted by Gasteiger charge is 2.29. The normalized spacial score (nSPS) is 11.6. The second kappa shape index (κ2) is 15.6. The minimum atomic E-state index is -0.589. The van der Waals surface area contributed by atoms with Gasteiger partial charge in [-0.25, -0.2) is 19.7 Å².